The van der Waals surface area contributed by atoms with Crippen molar-refractivity contribution in [2.75, 3.05) is 13.7 Å². The molecule has 0 bridgehead atoms. The molecule has 0 amide bonds. The molecule has 0 aromatic carbocycles. The van der Waals surface area contributed by atoms with Gasteiger partial charge in [-0.25, -0.2) is 0 Å². The molecule has 60 valence electrons. The Morgan fingerprint density at radius 2 is 2.10 bits per heavy atom. The summed E-state index contributed by atoms with van der Waals surface area (Å²) in [5.74, 6) is 0. The van der Waals surface area contributed by atoms with Gasteiger partial charge in [-0.3, -0.25) is 0 Å². The molecule has 0 radical (unpaired) electrons. The number of methoxy groups -OCH3 is 1. The Morgan fingerprint density at radius 3 is 2.60 bits per heavy atom. The maximum Gasteiger partial charge on any atom is 0.159 e. The third-order valence-electron chi connectivity index (χ3n) is 1.59. The van der Waals surface area contributed by atoms with Crippen LogP contribution in [-0.4, -0.2) is 42.4 Å². The summed E-state index contributed by atoms with van der Waals surface area (Å²) in [6.07, 6.45) is -1.49. The number of aliphatic hydroxyl groups excluding tert-OH is 2. The molecule has 0 aliphatic carbocycles. The molecule has 1 aliphatic heterocycles. The predicted molar refractivity (Wildman–Crippen MR) is 33.4 cm³/mol. The van der Waals surface area contributed by atoms with E-state index in [0.717, 1.165) is 0 Å². The minimum absolute atomic E-state index is 0.152. The highest BCUT2D eigenvalue weighted by Crippen LogP contribution is 2.14. The van der Waals surface area contributed by atoms with E-state index in [4.69, 9.17) is 19.7 Å². The van der Waals surface area contributed by atoms with Crippen molar-refractivity contribution in [2.45, 2.75) is 24.9 Å². The van der Waals surface area contributed by atoms with Crippen LogP contribution >= 0.6 is 0 Å². The Labute approximate surface area is 59.4 Å². The van der Waals surface area contributed by atoms with Crippen LogP contribution in [0.3, 0.4) is 0 Å². The number of hydrogen-bond donors (Lipinski definition) is 2. The van der Waals surface area contributed by atoms with Gasteiger partial charge in [-0.1, -0.05) is 0 Å². The summed E-state index contributed by atoms with van der Waals surface area (Å²) in [6, 6.07) is 0. The Kier molecular flexibility index (Phi) is 2.62. The van der Waals surface area contributed by atoms with Crippen LogP contribution in [0.25, 0.3) is 0 Å². The van der Waals surface area contributed by atoms with Crippen molar-refractivity contribution in [3.8, 4) is 0 Å². The van der Waals surface area contributed by atoms with Crippen LogP contribution in [0.4, 0.5) is 0 Å². The lowest BCUT2D eigenvalue weighted by atomic mass is 10.1. The van der Waals surface area contributed by atoms with Crippen molar-refractivity contribution in [1.29, 1.82) is 0 Å². The van der Waals surface area contributed by atoms with E-state index in [1.165, 1.54) is 7.11 Å². The molecule has 3 atom stereocenters. The van der Waals surface area contributed by atoms with Gasteiger partial charge in [0.25, 0.3) is 0 Å². The normalized spacial score (nSPS) is 41.7. The molecule has 4 nitrogen and oxygen atoms in total. The molecule has 1 saturated heterocycles. The summed E-state index contributed by atoms with van der Waals surface area (Å²) in [6.45, 7) is 0.152. The van der Waals surface area contributed by atoms with Gasteiger partial charge in [-0.2, -0.15) is 0 Å². The summed E-state index contributed by atoms with van der Waals surface area (Å²) in [7, 11) is 1.51. The molecule has 1 fully saturated rings. The minimum atomic E-state index is -0.758. The largest absolute Gasteiger partial charge is 0.390 e. The van der Waals surface area contributed by atoms with Crippen molar-refractivity contribution in [3.63, 3.8) is 0 Å². The average molecular weight is 148 g/mol. The first-order valence-electron chi connectivity index (χ1n) is 3.24. The van der Waals surface area contributed by atoms with Crippen molar-refractivity contribution >= 4 is 0 Å². The molecule has 0 saturated carbocycles. The topological polar surface area (TPSA) is 58.9 Å². The summed E-state index contributed by atoms with van der Waals surface area (Å²) in [5.41, 5.74) is 0. The lowest BCUT2D eigenvalue weighted by Gasteiger charge is -2.29. The molecule has 0 aromatic heterocycles. The highest BCUT2D eigenvalue weighted by molar-refractivity contribution is 4.72. The number of hydrogen-bond acceptors (Lipinski definition) is 4. The molecule has 1 rings (SSSR count). The molecular weight excluding hydrogens is 136 g/mol. The summed E-state index contributed by atoms with van der Waals surface area (Å²) < 4.78 is 9.79. The maximum absolute atomic E-state index is 9.07. The van der Waals surface area contributed by atoms with Crippen LogP contribution in [0.15, 0.2) is 0 Å². The van der Waals surface area contributed by atoms with Crippen LogP contribution in [-0.2, 0) is 9.47 Å². The second-order valence-corrected chi connectivity index (χ2v) is 2.37. The maximum atomic E-state index is 9.07. The van der Waals surface area contributed by atoms with Gasteiger partial charge in [0.1, 0.15) is 6.10 Å². The molecule has 0 spiro atoms. The molecule has 1 aliphatic rings. The predicted octanol–water partition coefficient (Wildman–Crippen LogP) is -0.899. The number of ether oxygens (including phenoxy) is 2. The molecule has 10 heavy (non-hydrogen) atoms. The molecule has 2 N–H and O–H groups in total. The lowest BCUT2D eigenvalue weighted by molar-refractivity contribution is -0.206. The van der Waals surface area contributed by atoms with E-state index in [2.05, 4.69) is 0 Å². The Hall–Kier alpha value is -0.160. The van der Waals surface area contributed by atoms with Crippen molar-refractivity contribution in [1.82, 2.24) is 0 Å². The van der Waals surface area contributed by atoms with E-state index in [9.17, 15) is 0 Å². The van der Waals surface area contributed by atoms with Gasteiger partial charge in [-0.05, 0) is 0 Å². The van der Waals surface area contributed by atoms with E-state index in [0.29, 0.717) is 6.42 Å². The van der Waals surface area contributed by atoms with Gasteiger partial charge >= 0.3 is 0 Å². The first-order valence-corrected chi connectivity index (χ1v) is 3.24. The fourth-order valence-electron chi connectivity index (χ4n) is 0.904. The fourth-order valence-corrected chi connectivity index (χ4v) is 0.904. The van der Waals surface area contributed by atoms with Gasteiger partial charge in [-0.15, -0.1) is 0 Å². The third kappa shape index (κ3) is 1.67. The lowest BCUT2D eigenvalue weighted by Crippen LogP contribution is -2.41. The summed E-state index contributed by atoms with van der Waals surface area (Å²) in [5, 5.41) is 18.0. The first-order chi connectivity index (χ1) is 4.74. The Balaban J connectivity index is 2.33. The number of rotatable bonds is 1. The third-order valence-corrected chi connectivity index (χ3v) is 1.59. The van der Waals surface area contributed by atoms with Gasteiger partial charge < -0.3 is 19.7 Å². The van der Waals surface area contributed by atoms with Gasteiger partial charge in [0.05, 0.1) is 12.7 Å². The highest BCUT2D eigenvalue weighted by Gasteiger charge is 2.27. The van der Waals surface area contributed by atoms with Crippen molar-refractivity contribution in [2.24, 2.45) is 0 Å². The van der Waals surface area contributed by atoms with E-state index in [-0.39, 0.29) is 12.9 Å². The monoisotopic (exact) mass is 148 g/mol. The second-order valence-electron chi connectivity index (χ2n) is 2.37. The van der Waals surface area contributed by atoms with Crippen LogP contribution in [0.1, 0.15) is 6.42 Å². The SMILES string of the molecule is COC1CC(O)C(O)CO1. The smallest absolute Gasteiger partial charge is 0.159 e. The minimum Gasteiger partial charge on any atom is -0.390 e. The number of aliphatic hydroxyl groups is 2. The first kappa shape index (κ1) is 7.94. The van der Waals surface area contributed by atoms with Crippen molar-refractivity contribution in [3.05, 3.63) is 0 Å². The molecule has 1 heterocycles. The van der Waals surface area contributed by atoms with E-state index >= 15 is 0 Å². The molecule has 0 aromatic rings. The van der Waals surface area contributed by atoms with Crippen LogP contribution in [0.2, 0.25) is 0 Å². The molecule has 4 heteroatoms. The second kappa shape index (κ2) is 3.30. The van der Waals surface area contributed by atoms with Gasteiger partial charge in [0.2, 0.25) is 0 Å². The fraction of sp³-hybridized carbons (Fsp3) is 1.00. The van der Waals surface area contributed by atoms with Crippen LogP contribution < -0.4 is 0 Å². The molecular formula is C6H12O4. The van der Waals surface area contributed by atoms with E-state index in [1.54, 1.807) is 0 Å². The van der Waals surface area contributed by atoms with E-state index in [1.807, 2.05) is 0 Å². The zero-order valence-corrected chi connectivity index (χ0v) is 5.86. The Morgan fingerprint density at radius 1 is 1.40 bits per heavy atom. The quantitative estimate of drug-likeness (QED) is 0.506. The summed E-state index contributed by atoms with van der Waals surface area (Å²) >= 11 is 0. The average Bonchev–Trinajstić information content (AvgIpc) is 1.95. The zero-order valence-electron chi connectivity index (χ0n) is 5.86. The Bertz CT molecular complexity index is 106. The zero-order chi connectivity index (χ0) is 7.56. The van der Waals surface area contributed by atoms with Gasteiger partial charge in [0.15, 0.2) is 6.29 Å². The molecule has 3 unspecified atom stereocenters. The van der Waals surface area contributed by atoms with Crippen molar-refractivity contribution < 1.29 is 19.7 Å². The standard InChI is InChI=1S/C6H12O4/c1-9-6-2-4(7)5(8)3-10-6/h4-8H,2-3H2,1H3. The van der Waals surface area contributed by atoms with Crippen LogP contribution in [0.5, 0.6) is 0 Å². The summed E-state index contributed by atoms with van der Waals surface area (Å²) in [4.78, 5) is 0. The van der Waals surface area contributed by atoms with Crippen LogP contribution in [0, 0.1) is 0 Å². The van der Waals surface area contributed by atoms with Gasteiger partial charge in [0, 0.05) is 13.5 Å². The van der Waals surface area contributed by atoms with E-state index < -0.39 is 12.2 Å². The highest BCUT2D eigenvalue weighted by atomic mass is 16.7.